The molecule has 0 aromatic heterocycles. The highest BCUT2D eigenvalue weighted by Gasteiger charge is 2.20. The summed E-state index contributed by atoms with van der Waals surface area (Å²) in [6.07, 6.45) is 6.00. The molecule has 2 atom stereocenters. The minimum atomic E-state index is 0.0915. The lowest BCUT2D eigenvalue weighted by molar-refractivity contribution is 0.103. The molecule has 0 amide bonds. The smallest absolute Gasteiger partial charge is 0.0609 e. The number of rotatable bonds is 5. The summed E-state index contributed by atoms with van der Waals surface area (Å²) >= 11 is 6.44. The predicted octanol–water partition coefficient (Wildman–Crippen LogP) is 4.49. The maximum absolute atomic E-state index is 6.44. The van der Waals surface area contributed by atoms with Crippen LogP contribution in [0.15, 0.2) is 24.3 Å². The van der Waals surface area contributed by atoms with Crippen LogP contribution in [0.1, 0.15) is 49.1 Å². The van der Waals surface area contributed by atoms with E-state index in [-0.39, 0.29) is 5.38 Å². The zero-order valence-corrected chi connectivity index (χ0v) is 11.2. The number of hydrogen-bond acceptors (Lipinski definition) is 1. The molecule has 0 aliphatic carbocycles. The fraction of sp³-hybridized carbons (Fsp3) is 0.600. The van der Waals surface area contributed by atoms with Crippen molar-refractivity contribution in [3.63, 3.8) is 0 Å². The van der Waals surface area contributed by atoms with E-state index in [0.29, 0.717) is 6.10 Å². The molecule has 0 spiro atoms. The largest absolute Gasteiger partial charge is 0.378 e. The average molecular weight is 253 g/mol. The molecule has 2 heteroatoms. The minimum absolute atomic E-state index is 0.0915. The first-order valence-corrected chi connectivity index (χ1v) is 7.07. The highest BCUT2D eigenvalue weighted by molar-refractivity contribution is 6.20. The van der Waals surface area contributed by atoms with E-state index in [1.165, 1.54) is 24.0 Å². The van der Waals surface area contributed by atoms with Gasteiger partial charge >= 0.3 is 0 Å². The van der Waals surface area contributed by atoms with Gasteiger partial charge in [0.1, 0.15) is 0 Å². The summed E-state index contributed by atoms with van der Waals surface area (Å²) in [6, 6.07) is 8.72. The Morgan fingerprint density at radius 3 is 2.71 bits per heavy atom. The Morgan fingerprint density at radius 2 is 2.12 bits per heavy atom. The number of alkyl halides is 1. The molecule has 0 N–H and O–H groups in total. The van der Waals surface area contributed by atoms with Gasteiger partial charge in [-0.25, -0.2) is 0 Å². The molecular formula is C15H21ClO. The third-order valence-electron chi connectivity index (χ3n) is 3.37. The van der Waals surface area contributed by atoms with Gasteiger partial charge < -0.3 is 4.74 Å². The Morgan fingerprint density at radius 1 is 1.35 bits per heavy atom. The van der Waals surface area contributed by atoms with Crippen LogP contribution in [0, 0.1) is 0 Å². The van der Waals surface area contributed by atoms with Crippen molar-refractivity contribution in [3.8, 4) is 0 Å². The van der Waals surface area contributed by atoms with Gasteiger partial charge in [-0.15, -0.1) is 11.6 Å². The average Bonchev–Trinajstić information content (AvgIpc) is 2.83. The molecule has 1 aromatic carbocycles. The van der Waals surface area contributed by atoms with Gasteiger partial charge in [0.05, 0.1) is 11.5 Å². The number of benzene rings is 1. The standard InChI is InChI=1S/C15H21ClO/c1-2-4-12-6-8-13(9-7-12)15(16)11-14-5-3-10-17-14/h6-9,14-15H,2-5,10-11H2,1H3. The quantitative estimate of drug-likeness (QED) is 0.702. The van der Waals surface area contributed by atoms with Crippen LogP contribution in [0.25, 0.3) is 0 Å². The van der Waals surface area contributed by atoms with E-state index in [2.05, 4.69) is 31.2 Å². The van der Waals surface area contributed by atoms with Gasteiger partial charge in [-0.2, -0.15) is 0 Å². The normalized spacial score (nSPS) is 21.6. The van der Waals surface area contributed by atoms with Crippen molar-refractivity contribution < 1.29 is 4.74 Å². The fourth-order valence-corrected chi connectivity index (χ4v) is 2.72. The van der Waals surface area contributed by atoms with Crippen LogP contribution in [-0.2, 0) is 11.2 Å². The van der Waals surface area contributed by atoms with Gasteiger partial charge in [0.2, 0.25) is 0 Å². The molecular weight excluding hydrogens is 232 g/mol. The van der Waals surface area contributed by atoms with Gasteiger partial charge in [-0.3, -0.25) is 0 Å². The Hall–Kier alpha value is -0.530. The van der Waals surface area contributed by atoms with Crippen LogP contribution in [0.2, 0.25) is 0 Å². The zero-order chi connectivity index (χ0) is 12.1. The number of aryl methyl sites for hydroxylation is 1. The van der Waals surface area contributed by atoms with Crippen LogP contribution in [0.3, 0.4) is 0 Å². The van der Waals surface area contributed by atoms with Crippen molar-refractivity contribution in [2.45, 2.75) is 50.5 Å². The molecule has 1 fully saturated rings. The van der Waals surface area contributed by atoms with E-state index in [1.54, 1.807) is 0 Å². The van der Waals surface area contributed by atoms with E-state index >= 15 is 0 Å². The first-order chi connectivity index (χ1) is 8.29. The molecule has 0 bridgehead atoms. The lowest BCUT2D eigenvalue weighted by Gasteiger charge is -2.15. The van der Waals surface area contributed by atoms with Crippen LogP contribution >= 0.6 is 11.6 Å². The topological polar surface area (TPSA) is 9.23 Å². The zero-order valence-electron chi connectivity index (χ0n) is 10.5. The van der Waals surface area contributed by atoms with Crippen molar-refractivity contribution in [3.05, 3.63) is 35.4 Å². The van der Waals surface area contributed by atoms with Crippen molar-refractivity contribution >= 4 is 11.6 Å². The highest BCUT2D eigenvalue weighted by Crippen LogP contribution is 2.30. The van der Waals surface area contributed by atoms with Gasteiger partial charge in [0.15, 0.2) is 0 Å². The summed E-state index contributed by atoms with van der Waals surface area (Å²) in [5.41, 5.74) is 2.62. The lowest BCUT2D eigenvalue weighted by Crippen LogP contribution is -2.08. The van der Waals surface area contributed by atoms with Gasteiger partial charge in [0.25, 0.3) is 0 Å². The van der Waals surface area contributed by atoms with Crippen molar-refractivity contribution in [2.75, 3.05) is 6.61 Å². The maximum Gasteiger partial charge on any atom is 0.0609 e. The first kappa shape index (κ1) is 12.9. The highest BCUT2D eigenvalue weighted by atomic mass is 35.5. The Kier molecular flexibility index (Phi) is 4.87. The maximum atomic E-state index is 6.44. The Balaban J connectivity index is 1.91. The summed E-state index contributed by atoms with van der Waals surface area (Å²) < 4.78 is 5.62. The van der Waals surface area contributed by atoms with Crippen LogP contribution < -0.4 is 0 Å². The second-order valence-corrected chi connectivity index (χ2v) is 5.36. The van der Waals surface area contributed by atoms with Crippen molar-refractivity contribution in [1.29, 1.82) is 0 Å². The molecule has 1 aliphatic rings. The summed E-state index contributed by atoms with van der Waals surface area (Å²) in [4.78, 5) is 0. The molecule has 1 saturated heterocycles. The summed E-state index contributed by atoms with van der Waals surface area (Å²) in [5, 5.41) is 0.0915. The second-order valence-electron chi connectivity index (χ2n) is 4.83. The van der Waals surface area contributed by atoms with Gasteiger partial charge in [-0.1, -0.05) is 37.6 Å². The SMILES string of the molecule is CCCc1ccc(C(Cl)CC2CCCO2)cc1. The molecule has 2 rings (SSSR count). The van der Waals surface area contributed by atoms with E-state index in [9.17, 15) is 0 Å². The van der Waals surface area contributed by atoms with Crippen molar-refractivity contribution in [1.82, 2.24) is 0 Å². The van der Waals surface area contributed by atoms with Crippen molar-refractivity contribution in [2.24, 2.45) is 0 Å². The lowest BCUT2D eigenvalue weighted by atomic mass is 10.0. The third-order valence-corrected chi connectivity index (χ3v) is 3.80. The third kappa shape index (κ3) is 3.72. The molecule has 1 aliphatic heterocycles. The first-order valence-electron chi connectivity index (χ1n) is 6.64. The summed E-state index contributed by atoms with van der Waals surface area (Å²) in [5.74, 6) is 0. The summed E-state index contributed by atoms with van der Waals surface area (Å²) in [6.45, 7) is 3.11. The van der Waals surface area contributed by atoms with Crippen LogP contribution in [0.5, 0.6) is 0 Å². The molecule has 2 unspecified atom stereocenters. The molecule has 1 aromatic rings. The molecule has 0 saturated carbocycles. The Bertz CT molecular complexity index is 327. The van der Waals surface area contributed by atoms with Crippen LogP contribution in [-0.4, -0.2) is 12.7 Å². The van der Waals surface area contributed by atoms with E-state index < -0.39 is 0 Å². The monoisotopic (exact) mass is 252 g/mol. The molecule has 17 heavy (non-hydrogen) atoms. The molecule has 0 radical (unpaired) electrons. The van der Waals surface area contributed by atoms with Gasteiger partial charge in [0, 0.05) is 6.61 Å². The molecule has 94 valence electrons. The second kappa shape index (κ2) is 6.42. The molecule has 1 nitrogen and oxygen atoms in total. The minimum Gasteiger partial charge on any atom is -0.378 e. The van der Waals surface area contributed by atoms with E-state index in [4.69, 9.17) is 16.3 Å². The van der Waals surface area contributed by atoms with Gasteiger partial charge in [-0.05, 0) is 36.8 Å². The van der Waals surface area contributed by atoms with E-state index in [0.717, 1.165) is 25.9 Å². The fourth-order valence-electron chi connectivity index (χ4n) is 2.38. The summed E-state index contributed by atoms with van der Waals surface area (Å²) in [7, 11) is 0. The number of ether oxygens (including phenoxy) is 1. The Labute approximate surface area is 109 Å². The number of halogens is 1. The number of hydrogen-bond donors (Lipinski definition) is 0. The predicted molar refractivity (Wildman–Crippen MR) is 72.6 cm³/mol. The molecule has 1 heterocycles. The van der Waals surface area contributed by atoms with E-state index in [1.807, 2.05) is 0 Å². The van der Waals surface area contributed by atoms with Crippen LogP contribution in [0.4, 0.5) is 0 Å².